The van der Waals surface area contributed by atoms with Gasteiger partial charge in [-0.05, 0) is 43.5 Å². The summed E-state index contributed by atoms with van der Waals surface area (Å²) in [6.07, 6.45) is 1.97. The summed E-state index contributed by atoms with van der Waals surface area (Å²) in [5, 5.41) is 3.52. The van der Waals surface area contributed by atoms with Crippen molar-refractivity contribution in [2.75, 3.05) is 18.4 Å². The van der Waals surface area contributed by atoms with Gasteiger partial charge in [-0.2, -0.15) is 0 Å². The third kappa shape index (κ3) is 2.99. The molecule has 1 aromatic heterocycles. The number of thiazole rings is 1. The first-order valence-corrected chi connectivity index (χ1v) is 8.40. The predicted molar refractivity (Wildman–Crippen MR) is 92.6 cm³/mol. The Labute approximate surface area is 139 Å². The Morgan fingerprint density at radius 2 is 2.22 bits per heavy atom. The Morgan fingerprint density at radius 3 is 2.96 bits per heavy atom. The van der Waals surface area contributed by atoms with Crippen LogP contribution in [-0.2, 0) is 9.59 Å². The summed E-state index contributed by atoms with van der Waals surface area (Å²) >= 11 is 1.48. The van der Waals surface area contributed by atoms with E-state index in [4.69, 9.17) is 0 Å². The van der Waals surface area contributed by atoms with Crippen LogP contribution in [0, 0.1) is 19.8 Å². The van der Waals surface area contributed by atoms with Gasteiger partial charge in [-0.15, -0.1) is 0 Å². The number of carbonyl (C=O) groups is 2. The average Bonchev–Trinajstić information content (AvgIpc) is 3.17. The number of nitrogens with one attached hydrogen (secondary N) is 1. The molecule has 6 heteroatoms. The molecule has 23 heavy (non-hydrogen) atoms. The second kappa shape index (κ2) is 6.12. The van der Waals surface area contributed by atoms with E-state index in [1.165, 1.54) is 23.0 Å². The number of rotatable bonds is 3. The summed E-state index contributed by atoms with van der Waals surface area (Å²) in [5.41, 5.74) is 3.28. The molecule has 1 aliphatic heterocycles. The van der Waals surface area contributed by atoms with Crippen LogP contribution in [0.5, 0.6) is 0 Å². The van der Waals surface area contributed by atoms with Crippen molar-refractivity contribution in [2.24, 2.45) is 5.92 Å². The standard InChI is InChI=1S/C17H19N3O2S/c1-4-14(21)20-8-7-12(9-20)16(22)19-17-18-15-11(3)10(2)5-6-13(15)23-17/h4-6,12H,1,7-9H2,2-3H3,(H,18,19,22). The summed E-state index contributed by atoms with van der Waals surface area (Å²) in [6, 6.07) is 4.10. The van der Waals surface area contributed by atoms with Crippen molar-refractivity contribution in [3.05, 3.63) is 35.9 Å². The number of fused-ring (bicyclic) bond motifs is 1. The molecule has 0 radical (unpaired) electrons. The predicted octanol–water partition coefficient (Wildman–Crippen LogP) is 2.89. The van der Waals surface area contributed by atoms with Crippen LogP contribution in [0.1, 0.15) is 17.5 Å². The maximum atomic E-state index is 12.4. The van der Waals surface area contributed by atoms with Gasteiger partial charge in [0.25, 0.3) is 0 Å². The van der Waals surface area contributed by atoms with E-state index in [0.29, 0.717) is 24.6 Å². The lowest BCUT2D eigenvalue weighted by Gasteiger charge is -2.13. The molecule has 1 fully saturated rings. The molecule has 2 amide bonds. The van der Waals surface area contributed by atoms with Gasteiger partial charge in [-0.3, -0.25) is 9.59 Å². The number of anilines is 1. The van der Waals surface area contributed by atoms with E-state index in [1.807, 2.05) is 13.0 Å². The first-order valence-electron chi connectivity index (χ1n) is 7.58. The molecule has 5 nitrogen and oxygen atoms in total. The SMILES string of the molecule is C=CC(=O)N1CCC(C(=O)Nc2nc3c(C)c(C)ccc3s2)C1. The van der Waals surface area contributed by atoms with Gasteiger partial charge in [0.2, 0.25) is 11.8 Å². The molecular formula is C17H19N3O2S. The lowest BCUT2D eigenvalue weighted by atomic mass is 10.1. The molecule has 2 aromatic rings. The Morgan fingerprint density at radius 1 is 1.43 bits per heavy atom. The number of aromatic nitrogens is 1. The maximum Gasteiger partial charge on any atom is 0.245 e. The van der Waals surface area contributed by atoms with Gasteiger partial charge in [-0.25, -0.2) is 4.98 Å². The lowest BCUT2D eigenvalue weighted by molar-refractivity contribution is -0.125. The van der Waals surface area contributed by atoms with E-state index in [2.05, 4.69) is 29.9 Å². The second-order valence-electron chi connectivity index (χ2n) is 5.84. The Bertz CT molecular complexity index is 796. The fourth-order valence-corrected chi connectivity index (χ4v) is 3.72. The molecule has 0 saturated carbocycles. The zero-order valence-corrected chi connectivity index (χ0v) is 14.1. The smallest absolute Gasteiger partial charge is 0.245 e. The van der Waals surface area contributed by atoms with Crippen molar-refractivity contribution in [1.82, 2.24) is 9.88 Å². The molecule has 1 aliphatic rings. The monoisotopic (exact) mass is 329 g/mol. The first kappa shape index (κ1) is 15.7. The highest BCUT2D eigenvalue weighted by atomic mass is 32.1. The molecule has 2 heterocycles. The number of hydrogen-bond acceptors (Lipinski definition) is 4. The minimum Gasteiger partial charge on any atom is -0.338 e. The highest BCUT2D eigenvalue weighted by molar-refractivity contribution is 7.22. The fourth-order valence-electron chi connectivity index (χ4n) is 2.79. The van der Waals surface area contributed by atoms with Crippen LogP contribution in [-0.4, -0.2) is 34.8 Å². The van der Waals surface area contributed by atoms with Crippen molar-refractivity contribution in [2.45, 2.75) is 20.3 Å². The first-order chi connectivity index (χ1) is 11.0. The summed E-state index contributed by atoms with van der Waals surface area (Å²) in [6.45, 7) is 8.62. The molecule has 1 atom stereocenters. The van der Waals surface area contributed by atoms with Crippen LogP contribution in [0.2, 0.25) is 0 Å². The van der Waals surface area contributed by atoms with Crippen LogP contribution in [0.4, 0.5) is 5.13 Å². The fraction of sp³-hybridized carbons (Fsp3) is 0.353. The molecule has 1 aromatic carbocycles. The third-order valence-electron chi connectivity index (χ3n) is 4.36. The van der Waals surface area contributed by atoms with Crippen LogP contribution in [0.15, 0.2) is 24.8 Å². The topological polar surface area (TPSA) is 62.3 Å². The van der Waals surface area contributed by atoms with Crippen LogP contribution >= 0.6 is 11.3 Å². The summed E-state index contributed by atoms with van der Waals surface area (Å²) < 4.78 is 1.07. The van der Waals surface area contributed by atoms with Gasteiger partial charge in [0, 0.05) is 13.1 Å². The van der Waals surface area contributed by atoms with Gasteiger partial charge in [-0.1, -0.05) is 24.0 Å². The molecule has 3 rings (SSSR count). The van der Waals surface area contributed by atoms with Gasteiger partial charge >= 0.3 is 0 Å². The highest BCUT2D eigenvalue weighted by Crippen LogP contribution is 2.30. The number of carbonyl (C=O) groups excluding carboxylic acids is 2. The quantitative estimate of drug-likeness (QED) is 0.881. The number of nitrogens with zero attached hydrogens (tertiary/aromatic N) is 2. The number of hydrogen-bond donors (Lipinski definition) is 1. The van der Waals surface area contributed by atoms with Gasteiger partial charge in [0.1, 0.15) is 0 Å². The van der Waals surface area contributed by atoms with Gasteiger partial charge in [0.15, 0.2) is 5.13 Å². The van der Waals surface area contributed by atoms with E-state index in [9.17, 15) is 9.59 Å². The van der Waals surface area contributed by atoms with Crippen LogP contribution in [0.25, 0.3) is 10.2 Å². The van der Waals surface area contributed by atoms with E-state index in [1.54, 1.807) is 4.90 Å². The number of benzene rings is 1. The van der Waals surface area contributed by atoms with E-state index >= 15 is 0 Å². The molecule has 0 spiro atoms. The summed E-state index contributed by atoms with van der Waals surface area (Å²) in [4.78, 5) is 30.2. The van der Waals surface area contributed by atoms with E-state index < -0.39 is 0 Å². The normalized spacial score (nSPS) is 17.5. The second-order valence-corrected chi connectivity index (χ2v) is 6.87. The minimum atomic E-state index is -0.186. The Balaban J connectivity index is 1.72. The van der Waals surface area contributed by atoms with E-state index in [0.717, 1.165) is 15.8 Å². The van der Waals surface area contributed by atoms with Crippen LogP contribution < -0.4 is 5.32 Å². The molecule has 1 N–H and O–H groups in total. The number of likely N-dealkylation sites (tertiary alicyclic amines) is 1. The van der Waals surface area contributed by atoms with Crippen molar-refractivity contribution in [3.8, 4) is 0 Å². The Hall–Kier alpha value is -2.21. The van der Waals surface area contributed by atoms with Crippen molar-refractivity contribution < 1.29 is 9.59 Å². The van der Waals surface area contributed by atoms with Crippen molar-refractivity contribution >= 4 is 38.5 Å². The highest BCUT2D eigenvalue weighted by Gasteiger charge is 2.30. The van der Waals surface area contributed by atoms with Crippen molar-refractivity contribution in [1.29, 1.82) is 0 Å². The zero-order chi connectivity index (χ0) is 16.6. The van der Waals surface area contributed by atoms with Crippen LogP contribution in [0.3, 0.4) is 0 Å². The van der Waals surface area contributed by atoms with Gasteiger partial charge in [0.05, 0.1) is 16.1 Å². The Kier molecular flexibility index (Phi) is 4.17. The number of aryl methyl sites for hydroxylation is 2. The molecule has 0 bridgehead atoms. The number of amides is 2. The molecule has 1 unspecified atom stereocenters. The zero-order valence-electron chi connectivity index (χ0n) is 13.3. The largest absolute Gasteiger partial charge is 0.338 e. The molecule has 120 valence electrons. The summed E-state index contributed by atoms with van der Waals surface area (Å²) in [7, 11) is 0. The molecule has 1 saturated heterocycles. The third-order valence-corrected chi connectivity index (χ3v) is 5.30. The summed E-state index contributed by atoms with van der Waals surface area (Å²) in [5.74, 6) is -0.377. The molecule has 0 aliphatic carbocycles. The lowest BCUT2D eigenvalue weighted by Crippen LogP contribution is -2.30. The maximum absolute atomic E-state index is 12.4. The van der Waals surface area contributed by atoms with Gasteiger partial charge < -0.3 is 10.2 Å². The van der Waals surface area contributed by atoms with E-state index in [-0.39, 0.29) is 17.7 Å². The molecular weight excluding hydrogens is 310 g/mol. The van der Waals surface area contributed by atoms with Crippen molar-refractivity contribution in [3.63, 3.8) is 0 Å². The average molecular weight is 329 g/mol. The minimum absolute atomic E-state index is 0.0715.